The number of rotatable bonds is 7. The van der Waals surface area contributed by atoms with Gasteiger partial charge in [-0.1, -0.05) is 12.1 Å². The zero-order chi connectivity index (χ0) is 16.0. The molecule has 118 valence electrons. The van der Waals surface area contributed by atoms with Crippen LogP contribution in [0.3, 0.4) is 0 Å². The topological polar surface area (TPSA) is 96.9 Å². The maximum Gasteiger partial charge on any atom is 0.174 e. The van der Waals surface area contributed by atoms with Gasteiger partial charge in [-0.2, -0.15) is 5.10 Å². The van der Waals surface area contributed by atoms with Crippen LogP contribution in [0.15, 0.2) is 5.16 Å². The molecule has 7 heteroatoms. The van der Waals surface area contributed by atoms with Crippen LogP contribution < -0.4 is 10.6 Å². The summed E-state index contributed by atoms with van der Waals surface area (Å²) in [4.78, 5) is 2.08. The Morgan fingerprint density at radius 1 is 1.43 bits per heavy atom. The predicted molar refractivity (Wildman–Crippen MR) is 83.0 cm³/mol. The van der Waals surface area contributed by atoms with E-state index in [9.17, 15) is 0 Å². The molecule has 0 radical (unpaired) electrons. The van der Waals surface area contributed by atoms with Gasteiger partial charge in [-0.15, -0.1) is 5.10 Å². The van der Waals surface area contributed by atoms with E-state index in [0.717, 1.165) is 17.7 Å². The van der Waals surface area contributed by atoms with Crippen LogP contribution >= 0.6 is 0 Å². The van der Waals surface area contributed by atoms with Crippen molar-refractivity contribution in [1.29, 1.82) is 0 Å². The minimum atomic E-state index is 0.0474. The molecule has 3 N–H and O–H groups in total. The Morgan fingerprint density at radius 3 is 2.62 bits per heavy atom. The lowest BCUT2D eigenvalue weighted by molar-refractivity contribution is 0.203. The minimum Gasteiger partial charge on any atom is -0.409 e. The standard InChI is InChI=1S/C14H25N5O2/c1-6-9(2)19(7-8-21-5)14-12(13(15)18-20)10(3)11(4)16-17-14/h9,20H,6-8H2,1-5H3,(H2,15,18). The molecule has 1 aromatic rings. The van der Waals surface area contributed by atoms with Crippen molar-refractivity contribution in [2.24, 2.45) is 10.9 Å². The van der Waals surface area contributed by atoms with Gasteiger partial charge in [0, 0.05) is 19.7 Å². The molecule has 0 fully saturated rings. The lowest BCUT2D eigenvalue weighted by atomic mass is 10.1. The van der Waals surface area contributed by atoms with Crippen LogP contribution in [0.4, 0.5) is 5.82 Å². The normalized spacial score (nSPS) is 13.3. The van der Waals surface area contributed by atoms with Gasteiger partial charge in [-0.25, -0.2) is 0 Å². The number of aryl methyl sites for hydroxylation is 1. The predicted octanol–water partition coefficient (Wildman–Crippen LogP) is 1.44. The number of aromatic nitrogens is 2. The van der Waals surface area contributed by atoms with Crippen LogP contribution in [0.5, 0.6) is 0 Å². The first-order valence-corrected chi connectivity index (χ1v) is 7.05. The molecule has 21 heavy (non-hydrogen) atoms. The molecular formula is C14H25N5O2. The number of ether oxygens (including phenoxy) is 1. The molecule has 0 bridgehead atoms. The summed E-state index contributed by atoms with van der Waals surface area (Å²) in [6.07, 6.45) is 0.938. The van der Waals surface area contributed by atoms with Crippen molar-refractivity contribution in [3.63, 3.8) is 0 Å². The molecule has 1 aromatic heterocycles. The average molecular weight is 295 g/mol. The van der Waals surface area contributed by atoms with Gasteiger partial charge in [0.05, 0.1) is 17.9 Å². The van der Waals surface area contributed by atoms with Crippen LogP contribution in [-0.4, -0.2) is 47.5 Å². The summed E-state index contributed by atoms with van der Waals surface area (Å²) < 4.78 is 5.17. The van der Waals surface area contributed by atoms with Crippen LogP contribution in [-0.2, 0) is 4.74 Å². The lowest BCUT2D eigenvalue weighted by Gasteiger charge is -2.31. The first-order chi connectivity index (χ1) is 9.97. The van der Waals surface area contributed by atoms with E-state index < -0.39 is 0 Å². The number of hydrogen-bond acceptors (Lipinski definition) is 6. The summed E-state index contributed by atoms with van der Waals surface area (Å²) in [6.45, 7) is 9.17. The van der Waals surface area contributed by atoms with E-state index in [1.165, 1.54) is 0 Å². The van der Waals surface area contributed by atoms with E-state index in [1.54, 1.807) is 7.11 Å². The van der Waals surface area contributed by atoms with Gasteiger partial charge in [0.25, 0.3) is 0 Å². The van der Waals surface area contributed by atoms with Crippen LogP contribution in [0.25, 0.3) is 0 Å². The fourth-order valence-electron chi connectivity index (χ4n) is 2.10. The monoisotopic (exact) mass is 295 g/mol. The molecule has 1 atom stereocenters. The van der Waals surface area contributed by atoms with Gasteiger partial charge in [-0.05, 0) is 32.8 Å². The van der Waals surface area contributed by atoms with Crippen molar-refractivity contribution < 1.29 is 9.94 Å². The van der Waals surface area contributed by atoms with E-state index in [0.29, 0.717) is 24.5 Å². The third-order valence-electron chi connectivity index (χ3n) is 3.73. The Bertz CT molecular complexity index is 504. The van der Waals surface area contributed by atoms with E-state index in [2.05, 4.69) is 34.1 Å². The van der Waals surface area contributed by atoms with Crippen molar-refractivity contribution in [1.82, 2.24) is 10.2 Å². The van der Waals surface area contributed by atoms with Crippen molar-refractivity contribution in [2.45, 2.75) is 40.2 Å². The second kappa shape index (κ2) is 7.78. The highest BCUT2D eigenvalue weighted by molar-refractivity contribution is 6.02. The van der Waals surface area contributed by atoms with Gasteiger partial charge in [0.1, 0.15) is 0 Å². The fraction of sp³-hybridized carbons (Fsp3) is 0.643. The third kappa shape index (κ3) is 3.81. The number of nitrogens with zero attached hydrogens (tertiary/aromatic N) is 4. The molecule has 0 saturated carbocycles. The van der Waals surface area contributed by atoms with E-state index in [4.69, 9.17) is 15.7 Å². The first kappa shape index (κ1) is 17.2. The summed E-state index contributed by atoms with van der Waals surface area (Å²) >= 11 is 0. The smallest absolute Gasteiger partial charge is 0.174 e. The highest BCUT2D eigenvalue weighted by atomic mass is 16.5. The van der Waals surface area contributed by atoms with Crippen LogP contribution in [0.1, 0.15) is 37.1 Å². The number of nitrogens with two attached hydrogens (primary N) is 1. The lowest BCUT2D eigenvalue weighted by Crippen LogP contribution is -2.38. The highest BCUT2D eigenvalue weighted by Crippen LogP contribution is 2.24. The summed E-state index contributed by atoms with van der Waals surface area (Å²) in [5.41, 5.74) is 8.10. The Balaban J connectivity index is 3.39. The van der Waals surface area contributed by atoms with Crippen molar-refractivity contribution in [2.75, 3.05) is 25.2 Å². The van der Waals surface area contributed by atoms with Gasteiger partial charge >= 0.3 is 0 Å². The minimum absolute atomic E-state index is 0.0474. The molecule has 1 rings (SSSR count). The van der Waals surface area contributed by atoms with Gasteiger partial charge in [-0.3, -0.25) is 0 Å². The molecular weight excluding hydrogens is 270 g/mol. The second-order valence-corrected chi connectivity index (χ2v) is 5.04. The van der Waals surface area contributed by atoms with E-state index >= 15 is 0 Å². The third-order valence-corrected chi connectivity index (χ3v) is 3.73. The molecule has 1 unspecified atom stereocenters. The Hall–Kier alpha value is -1.89. The maximum absolute atomic E-state index is 9.05. The molecule has 0 saturated heterocycles. The molecule has 0 aliphatic heterocycles. The Morgan fingerprint density at radius 2 is 2.10 bits per heavy atom. The van der Waals surface area contributed by atoms with Crippen molar-refractivity contribution in [3.05, 3.63) is 16.8 Å². The number of methoxy groups -OCH3 is 1. The summed E-state index contributed by atoms with van der Waals surface area (Å²) in [6, 6.07) is 0.238. The Labute approximate surface area is 125 Å². The van der Waals surface area contributed by atoms with Gasteiger partial charge in [0.15, 0.2) is 11.7 Å². The number of hydrogen-bond donors (Lipinski definition) is 2. The zero-order valence-corrected chi connectivity index (χ0v) is 13.4. The van der Waals surface area contributed by atoms with Gasteiger partial charge in [0.2, 0.25) is 0 Å². The van der Waals surface area contributed by atoms with E-state index in [1.807, 2.05) is 13.8 Å². The van der Waals surface area contributed by atoms with Gasteiger partial charge < -0.3 is 20.6 Å². The molecule has 0 aliphatic rings. The molecule has 0 aromatic carbocycles. The molecule has 1 heterocycles. The number of amidine groups is 1. The van der Waals surface area contributed by atoms with Crippen LogP contribution in [0.2, 0.25) is 0 Å². The number of oxime groups is 1. The molecule has 7 nitrogen and oxygen atoms in total. The van der Waals surface area contributed by atoms with Crippen LogP contribution in [0, 0.1) is 13.8 Å². The fourth-order valence-corrected chi connectivity index (χ4v) is 2.10. The zero-order valence-electron chi connectivity index (χ0n) is 13.4. The number of anilines is 1. The first-order valence-electron chi connectivity index (χ1n) is 7.05. The largest absolute Gasteiger partial charge is 0.409 e. The summed E-state index contributed by atoms with van der Waals surface area (Å²) in [5.74, 6) is 0.672. The second-order valence-electron chi connectivity index (χ2n) is 5.04. The molecule has 0 aliphatic carbocycles. The van der Waals surface area contributed by atoms with E-state index in [-0.39, 0.29) is 11.9 Å². The maximum atomic E-state index is 9.05. The van der Waals surface area contributed by atoms with Crippen molar-refractivity contribution in [3.8, 4) is 0 Å². The highest BCUT2D eigenvalue weighted by Gasteiger charge is 2.23. The average Bonchev–Trinajstić information content (AvgIpc) is 2.49. The SMILES string of the molecule is CCC(C)N(CCOC)c1nnc(C)c(C)c1C(N)=NO. The quantitative estimate of drug-likeness (QED) is 0.342. The van der Waals surface area contributed by atoms with Crippen molar-refractivity contribution >= 4 is 11.7 Å². The summed E-state index contributed by atoms with van der Waals surface area (Å²) in [7, 11) is 1.66. The Kier molecular flexibility index (Phi) is 6.36. The molecule has 0 amide bonds. The summed E-state index contributed by atoms with van der Waals surface area (Å²) in [5, 5.41) is 20.6. The molecule has 0 spiro atoms.